The minimum absolute atomic E-state index is 0.0885. The van der Waals surface area contributed by atoms with Gasteiger partial charge in [0, 0.05) is 24.6 Å². The third-order valence-corrected chi connectivity index (χ3v) is 8.37. The molecule has 4 aromatic rings. The molecule has 4 heterocycles. The summed E-state index contributed by atoms with van der Waals surface area (Å²) in [6, 6.07) is 1.80. The van der Waals surface area contributed by atoms with E-state index in [9.17, 15) is 12.8 Å². The van der Waals surface area contributed by atoms with Crippen LogP contribution in [0.4, 0.5) is 15.9 Å². The largest absolute Gasteiger partial charge is 0.383 e. The van der Waals surface area contributed by atoms with Gasteiger partial charge in [-0.2, -0.15) is 14.3 Å². The Morgan fingerprint density at radius 1 is 1.18 bits per heavy atom. The maximum Gasteiger partial charge on any atom is 0.256 e. The van der Waals surface area contributed by atoms with Gasteiger partial charge >= 0.3 is 0 Å². The topological polar surface area (TPSA) is 146 Å². The first-order valence-electron chi connectivity index (χ1n) is 12.6. The molecule has 39 heavy (non-hydrogen) atoms. The van der Waals surface area contributed by atoms with Crippen LogP contribution in [0.1, 0.15) is 44.2 Å². The number of nitrogens with zero attached hydrogens (tertiary/aromatic N) is 7. The Morgan fingerprint density at radius 3 is 2.74 bits per heavy atom. The number of aryl methyl sites for hydroxylation is 1. The predicted octanol–water partition coefficient (Wildman–Crippen LogP) is 3.10. The van der Waals surface area contributed by atoms with Crippen LogP contribution in [-0.4, -0.2) is 60.3 Å². The molecule has 1 atom stereocenters. The lowest BCUT2D eigenvalue weighted by atomic mass is 10.0. The fourth-order valence-corrected chi connectivity index (χ4v) is 5.35. The van der Waals surface area contributed by atoms with Crippen molar-refractivity contribution in [1.29, 1.82) is 0 Å². The molecule has 0 amide bonds. The van der Waals surface area contributed by atoms with Crippen LogP contribution in [0, 0.1) is 11.8 Å². The monoisotopic (exact) mass is 549 g/mol. The van der Waals surface area contributed by atoms with E-state index in [-0.39, 0.29) is 23.7 Å². The minimum atomic E-state index is -3.51. The number of nitrogen functional groups attached to an aromatic ring is 1. The summed E-state index contributed by atoms with van der Waals surface area (Å²) in [6.45, 7) is 3.75. The van der Waals surface area contributed by atoms with E-state index in [1.165, 1.54) is 17.1 Å². The van der Waals surface area contributed by atoms with Gasteiger partial charge in [-0.25, -0.2) is 27.8 Å². The number of pyridine rings is 1. The van der Waals surface area contributed by atoms with Crippen molar-refractivity contribution in [3.8, 4) is 34.5 Å². The molecule has 4 aromatic heterocycles. The summed E-state index contributed by atoms with van der Waals surface area (Å²) in [5.74, 6) is 6.74. The zero-order valence-electron chi connectivity index (χ0n) is 21.5. The summed E-state index contributed by atoms with van der Waals surface area (Å²) in [5.41, 5.74) is 9.78. The Hall–Kier alpha value is -4.31. The Morgan fingerprint density at radius 2 is 2.00 bits per heavy atom. The molecule has 0 bridgehead atoms. The molecule has 13 heteroatoms. The van der Waals surface area contributed by atoms with Gasteiger partial charge in [0.1, 0.15) is 12.5 Å². The molecule has 0 radical (unpaired) electrons. The van der Waals surface area contributed by atoms with E-state index < -0.39 is 16.7 Å². The number of aromatic nitrogens is 7. The lowest BCUT2D eigenvalue weighted by Crippen LogP contribution is -2.17. The van der Waals surface area contributed by atoms with Crippen molar-refractivity contribution >= 4 is 21.5 Å². The minimum Gasteiger partial charge on any atom is -0.383 e. The summed E-state index contributed by atoms with van der Waals surface area (Å²) in [7, 11) is -3.51. The molecule has 5 rings (SSSR count). The number of halogens is 1. The summed E-state index contributed by atoms with van der Waals surface area (Å²) in [5, 5.41) is 11.3. The van der Waals surface area contributed by atoms with Gasteiger partial charge in [0.2, 0.25) is 0 Å². The Labute approximate surface area is 225 Å². The van der Waals surface area contributed by atoms with E-state index in [4.69, 9.17) is 10.7 Å². The van der Waals surface area contributed by atoms with Crippen molar-refractivity contribution in [2.45, 2.75) is 50.9 Å². The highest BCUT2D eigenvalue weighted by Crippen LogP contribution is 2.35. The summed E-state index contributed by atoms with van der Waals surface area (Å²) >= 11 is 0. The normalized spacial score (nSPS) is 14.0. The van der Waals surface area contributed by atoms with Crippen LogP contribution in [0.15, 0.2) is 43.2 Å². The Kier molecular flexibility index (Phi) is 7.30. The molecule has 1 aliphatic carbocycles. The zero-order valence-corrected chi connectivity index (χ0v) is 22.4. The number of nitrogens with two attached hydrogens (primary N) is 1. The summed E-state index contributed by atoms with van der Waals surface area (Å²) in [4.78, 5) is 13.4. The lowest BCUT2D eigenvalue weighted by molar-refractivity contribution is 0.427. The third kappa shape index (κ3) is 5.61. The van der Waals surface area contributed by atoms with Crippen LogP contribution in [0.3, 0.4) is 0 Å². The second kappa shape index (κ2) is 10.8. The van der Waals surface area contributed by atoms with Crippen molar-refractivity contribution in [3.63, 3.8) is 0 Å². The van der Waals surface area contributed by atoms with Crippen molar-refractivity contribution in [1.82, 2.24) is 33.9 Å². The standard InChI is InChI=1S/C26H28FN9O2S/c1-3-17(2)33-24-19(5-4-18-12-31-35(15-18)11-9-27)13-30-25(28)23(24)22-8-10-29-26(34-22)20-14-32-36(16-20)39(37,38)21-6-7-21/h8,10,12-17,21H,3,6-7,9,11H2,1-2H3,(H3,28,30,33). The molecular formula is C26H28FN9O2S. The first kappa shape index (κ1) is 26.3. The molecule has 1 fully saturated rings. The quantitative estimate of drug-likeness (QED) is 0.301. The van der Waals surface area contributed by atoms with E-state index in [1.54, 1.807) is 30.9 Å². The van der Waals surface area contributed by atoms with Gasteiger partial charge in [0.15, 0.2) is 5.82 Å². The highest BCUT2D eigenvalue weighted by molar-refractivity contribution is 7.90. The third-order valence-electron chi connectivity index (χ3n) is 6.34. The van der Waals surface area contributed by atoms with Crippen LogP contribution < -0.4 is 11.1 Å². The molecule has 3 N–H and O–H groups in total. The van der Waals surface area contributed by atoms with Gasteiger partial charge in [0.05, 0.1) is 64.0 Å². The number of hydrogen-bond acceptors (Lipinski definition) is 9. The first-order valence-corrected chi connectivity index (χ1v) is 14.1. The number of hydrogen-bond donors (Lipinski definition) is 2. The Balaban J connectivity index is 1.55. The number of anilines is 2. The molecule has 0 aliphatic heterocycles. The van der Waals surface area contributed by atoms with E-state index in [1.807, 2.05) is 6.92 Å². The molecular weight excluding hydrogens is 521 g/mol. The zero-order chi connectivity index (χ0) is 27.6. The van der Waals surface area contributed by atoms with Crippen molar-refractivity contribution in [2.24, 2.45) is 0 Å². The average molecular weight is 550 g/mol. The van der Waals surface area contributed by atoms with Gasteiger partial charge in [-0.1, -0.05) is 18.8 Å². The molecule has 1 saturated carbocycles. The fourth-order valence-electron chi connectivity index (χ4n) is 3.87. The highest BCUT2D eigenvalue weighted by Gasteiger charge is 2.37. The van der Waals surface area contributed by atoms with E-state index >= 15 is 0 Å². The predicted molar refractivity (Wildman–Crippen MR) is 146 cm³/mol. The highest BCUT2D eigenvalue weighted by atomic mass is 32.2. The second-order valence-electron chi connectivity index (χ2n) is 9.30. The molecule has 0 aromatic carbocycles. The number of alkyl halides is 1. The lowest BCUT2D eigenvalue weighted by Gasteiger charge is -2.19. The number of rotatable bonds is 9. The maximum atomic E-state index is 12.6. The van der Waals surface area contributed by atoms with Crippen LogP contribution in [0.2, 0.25) is 0 Å². The van der Waals surface area contributed by atoms with Crippen LogP contribution in [-0.2, 0) is 16.6 Å². The number of nitrogens with one attached hydrogen (secondary N) is 1. The summed E-state index contributed by atoms with van der Waals surface area (Å²) in [6.07, 6.45) is 11.4. The molecule has 1 unspecified atom stereocenters. The van der Waals surface area contributed by atoms with E-state index in [2.05, 4.69) is 44.2 Å². The molecule has 11 nitrogen and oxygen atoms in total. The molecule has 202 valence electrons. The van der Waals surface area contributed by atoms with Gasteiger partial charge in [-0.3, -0.25) is 4.68 Å². The fraction of sp³-hybridized carbons (Fsp3) is 0.346. The van der Waals surface area contributed by atoms with Crippen molar-refractivity contribution in [2.75, 3.05) is 17.7 Å². The van der Waals surface area contributed by atoms with E-state index in [0.29, 0.717) is 52.3 Å². The molecule has 0 spiro atoms. The first-order chi connectivity index (χ1) is 18.8. The second-order valence-corrected chi connectivity index (χ2v) is 11.4. The van der Waals surface area contributed by atoms with E-state index in [0.717, 1.165) is 10.5 Å². The van der Waals surface area contributed by atoms with Gasteiger partial charge in [-0.05, 0) is 32.3 Å². The van der Waals surface area contributed by atoms with Crippen LogP contribution in [0.25, 0.3) is 22.6 Å². The van der Waals surface area contributed by atoms with Crippen molar-refractivity contribution in [3.05, 3.63) is 54.4 Å². The van der Waals surface area contributed by atoms with Crippen LogP contribution >= 0.6 is 0 Å². The van der Waals surface area contributed by atoms with Gasteiger partial charge in [0.25, 0.3) is 10.0 Å². The summed E-state index contributed by atoms with van der Waals surface area (Å²) < 4.78 is 40.3. The van der Waals surface area contributed by atoms with Crippen LogP contribution in [0.5, 0.6) is 0 Å². The average Bonchev–Trinajstić information content (AvgIpc) is 3.51. The smallest absolute Gasteiger partial charge is 0.256 e. The SMILES string of the molecule is CCC(C)Nc1c(C#Cc2cnn(CCF)c2)cnc(N)c1-c1ccnc(-c2cnn(S(=O)(=O)C3CC3)c2)n1. The Bertz CT molecular complexity index is 1670. The van der Waals surface area contributed by atoms with Gasteiger partial charge in [-0.15, -0.1) is 0 Å². The molecule has 0 saturated heterocycles. The maximum absolute atomic E-state index is 12.6. The molecule has 1 aliphatic rings. The van der Waals surface area contributed by atoms with Crippen molar-refractivity contribution < 1.29 is 12.8 Å². The van der Waals surface area contributed by atoms with Gasteiger partial charge < -0.3 is 11.1 Å².